The fourth-order valence-electron chi connectivity index (χ4n) is 2.88. The maximum atomic E-state index is 6.01. The van der Waals surface area contributed by atoms with Gasteiger partial charge in [-0.2, -0.15) is 11.8 Å². The van der Waals surface area contributed by atoms with Crippen molar-refractivity contribution in [2.75, 3.05) is 18.6 Å². The van der Waals surface area contributed by atoms with Crippen LogP contribution < -0.4 is 5.73 Å². The first-order chi connectivity index (χ1) is 6.31. The molecule has 0 spiro atoms. The van der Waals surface area contributed by atoms with Crippen LogP contribution in [0.4, 0.5) is 0 Å². The lowest BCUT2D eigenvalue weighted by Gasteiger charge is -2.37. The monoisotopic (exact) mass is 200 g/mol. The molecule has 2 bridgehead atoms. The molecular formula is C10H20N2S. The van der Waals surface area contributed by atoms with E-state index in [1.165, 1.54) is 38.0 Å². The highest BCUT2D eigenvalue weighted by Gasteiger charge is 2.38. The Morgan fingerprint density at radius 2 is 1.92 bits per heavy atom. The van der Waals surface area contributed by atoms with E-state index in [-0.39, 0.29) is 0 Å². The molecule has 0 aliphatic carbocycles. The molecule has 3 heteroatoms. The SMILES string of the molecule is CSCCN1C2CCC1CC(N)C2. The number of nitrogens with two attached hydrogens (primary N) is 1. The van der Waals surface area contributed by atoms with Gasteiger partial charge in [0.2, 0.25) is 0 Å². The molecule has 2 rings (SSSR count). The molecule has 2 fully saturated rings. The smallest absolute Gasteiger partial charge is 0.0114 e. The average molecular weight is 200 g/mol. The zero-order valence-electron chi connectivity index (χ0n) is 8.41. The molecule has 0 aromatic carbocycles. The molecule has 0 aromatic heterocycles. The molecule has 0 amide bonds. The van der Waals surface area contributed by atoms with Gasteiger partial charge in [0, 0.05) is 30.4 Å². The summed E-state index contributed by atoms with van der Waals surface area (Å²) < 4.78 is 0. The van der Waals surface area contributed by atoms with E-state index in [1.807, 2.05) is 11.8 Å². The van der Waals surface area contributed by atoms with Crippen LogP contribution >= 0.6 is 11.8 Å². The molecule has 2 saturated heterocycles. The van der Waals surface area contributed by atoms with E-state index in [2.05, 4.69) is 11.2 Å². The number of hydrogen-bond acceptors (Lipinski definition) is 3. The van der Waals surface area contributed by atoms with E-state index in [0.717, 1.165) is 12.1 Å². The lowest BCUT2D eigenvalue weighted by molar-refractivity contribution is 0.137. The van der Waals surface area contributed by atoms with Crippen LogP contribution in [-0.2, 0) is 0 Å². The van der Waals surface area contributed by atoms with Crippen molar-refractivity contribution in [3.8, 4) is 0 Å². The van der Waals surface area contributed by atoms with E-state index in [4.69, 9.17) is 5.73 Å². The summed E-state index contributed by atoms with van der Waals surface area (Å²) >= 11 is 1.96. The van der Waals surface area contributed by atoms with Gasteiger partial charge in [0.15, 0.2) is 0 Å². The van der Waals surface area contributed by atoms with Crippen LogP contribution in [0.5, 0.6) is 0 Å². The highest BCUT2D eigenvalue weighted by atomic mass is 32.2. The standard InChI is InChI=1S/C10H20N2S/c1-13-5-4-12-9-2-3-10(12)7-8(11)6-9/h8-10H,2-7,11H2,1H3. The summed E-state index contributed by atoms with van der Waals surface area (Å²) in [6.45, 7) is 1.28. The van der Waals surface area contributed by atoms with Gasteiger partial charge in [-0.15, -0.1) is 0 Å². The van der Waals surface area contributed by atoms with Crippen molar-refractivity contribution in [3.05, 3.63) is 0 Å². The van der Waals surface area contributed by atoms with Gasteiger partial charge in [0.25, 0.3) is 0 Å². The molecular weight excluding hydrogens is 180 g/mol. The van der Waals surface area contributed by atoms with E-state index in [0.29, 0.717) is 6.04 Å². The summed E-state index contributed by atoms with van der Waals surface area (Å²) in [6.07, 6.45) is 7.47. The Kier molecular flexibility index (Phi) is 3.17. The van der Waals surface area contributed by atoms with Crippen LogP contribution in [0.1, 0.15) is 25.7 Å². The second kappa shape index (κ2) is 4.20. The molecule has 2 heterocycles. The van der Waals surface area contributed by atoms with Gasteiger partial charge in [0.05, 0.1) is 0 Å². The molecule has 2 aliphatic heterocycles. The summed E-state index contributed by atoms with van der Waals surface area (Å²) in [7, 11) is 0. The van der Waals surface area contributed by atoms with Crippen LogP contribution in [-0.4, -0.2) is 41.6 Å². The Morgan fingerprint density at radius 1 is 1.31 bits per heavy atom. The molecule has 2 N–H and O–H groups in total. The van der Waals surface area contributed by atoms with Crippen LogP contribution in [0.3, 0.4) is 0 Å². The Balaban J connectivity index is 1.90. The third kappa shape index (κ3) is 2.03. The second-order valence-corrected chi connectivity index (χ2v) is 5.33. The Labute approximate surface area is 85.2 Å². The van der Waals surface area contributed by atoms with Crippen molar-refractivity contribution in [2.24, 2.45) is 5.73 Å². The van der Waals surface area contributed by atoms with Crippen molar-refractivity contribution < 1.29 is 0 Å². The van der Waals surface area contributed by atoms with Gasteiger partial charge < -0.3 is 5.73 Å². The van der Waals surface area contributed by atoms with Gasteiger partial charge in [-0.25, -0.2) is 0 Å². The zero-order chi connectivity index (χ0) is 9.26. The molecule has 2 unspecified atom stereocenters. The minimum Gasteiger partial charge on any atom is -0.328 e. The van der Waals surface area contributed by atoms with Crippen LogP contribution in [0, 0.1) is 0 Å². The lowest BCUT2D eigenvalue weighted by Crippen LogP contribution is -2.48. The molecule has 76 valence electrons. The Bertz CT molecular complexity index is 160. The Hall–Kier alpha value is 0.270. The normalized spacial score (nSPS) is 39.7. The topological polar surface area (TPSA) is 29.3 Å². The largest absolute Gasteiger partial charge is 0.328 e. The first kappa shape index (κ1) is 9.81. The number of nitrogens with zero attached hydrogens (tertiary/aromatic N) is 1. The maximum absolute atomic E-state index is 6.01. The first-order valence-electron chi connectivity index (χ1n) is 5.31. The van der Waals surface area contributed by atoms with Crippen LogP contribution in [0.15, 0.2) is 0 Å². The number of fused-ring (bicyclic) bond motifs is 2. The minimum atomic E-state index is 0.489. The first-order valence-corrected chi connectivity index (χ1v) is 6.71. The summed E-state index contributed by atoms with van der Waals surface area (Å²) in [4.78, 5) is 2.71. The number of piperidine rings is 1. The second-order valence-electron chi connectivity index (χ2n) is 4.35. The quantitative estimate of drug-likeness (QED) is 0.744. The molecule has 13 heavy (non-hydrogen) atoms. The lowest BCUT2D eigenvalue weighted by atomic mass is 9.98. The van der Waals surface area contributed by atoms with Gasteiger partial charge in [-0.05, 0) is 31.9 Å². The third-order valence-corrected chi connectivity index (χ3v) is 4.07. The molecule has 0 radical (unpaired) electrons. The summed E-state index contributed by atoms with van der Waals surface area (Å²) in [5, 5.41) is 0. The summed E-state index contributed by atoms with van der Waals surface area (Å²) in [6, 6.07) is 2.13. The van der Waals surface area contributed by atoms with E-state index >= 15 is 0 Å². The van der Waals surface area contributed by atoms with E-state index in [9.17, 15) is 0 Å². The predicted molar refractivity (Wildman–Crippen MR) is 59.1 cm³/mol. The summed E-state index contributed by atoms with van der Waals surface area (Å²) in [5.41, 5.74) is 6.01. The van der Waals surface area contributed by atoms with Gasteiger partial charge in [-0.1, -0.05) is 0 Å². The van der Waals surface area contributed by atoms with Crippen molar-refractivity contribution in [1.82, 2.24) is 4.90 Å². The van der Waals surface area contributed by atoms with Crippen LogP contribution in [0.2, 0.25) is 0 Å². The van der Waals surface area contributed by atoms with Gasteiger partial charge in [-0.3, -0.25) is 4.90 Å². The summed E-state index contributed by atoms with van der Waals surface area (Å²) in [5.74, 6) is 1.28. The molecule has 0 aromatic rings. The fraction of sp³-hybridized carbons (Fsp3) is 1.00. The van der Waals surface area contributed by atoms with E-state index < -0.39 is 0 Å². The van der Waals surface area contributed by atoms with Crippen molar-refractivity contribution in [2.45, 2.75) is 43.8 Å². The molecule has 2 atom stereocenters. The molecule has 2 aliphatic rings. The highest BCUT2D eigenvalue weighted by molar-refractivity contribution is 7.98. The predicted octanol–water partition coefficient (Wildman–Crippen LogP) is 1.30. The number of rotatable bonds is 3. The maximum Gasteiger partial charge on any atom is 0.0114 e. The van der Waals surface area contributed by atoms with Gasteiger partial charge in [0.1, 0.15) is 0 Å². The van der Waals surface area contributed by atoms with E-state index in [1.54, 1.807) is 0 Å². The van der Waals surface area contributed by atoms with Crippen molar-refractivity contribution in [3.63, 3.8) is 0 Å². The zero-order valence-corrected chi connectivity index (χ0v) is 9.22. The van der Waals surface area contributed by atoms with Crippen LogP contribution in [0.25, 0.3) is 0 Å². The Morgan fingerprint density at radius 3 is 2.46 bits per heavy atom. The molecule has 0 saturated carbocycles. The minimum absolute atomic E-state index is 0.489. The number of thioether (sulfide) groups is 1. The average Bonchev–Trinajstić information content (AvgIpc) is 2.33. The van der Waals surface area contributed by atoms with Crippen molar-refractivity contribution in [1.29, 1.82) is 0 Å². The highest BCUT2D eigenvalue weighted by Crippen LogP contribution is 2.34. The fourth-order valence-corrected chi connectivity index (χ4v) is 3.27. The van der Waals surface area contributed by atoms with Gasteiger partial charge >= 0.3 is 0 Å². The number of hydrogen-bond donors (Lipinski definition) is 1. The third-order valence-electron chi connectivity index (χ3n) is 3.47. The molecule has 2 nitrogen and oxygen atoms in total. The van der Waals surface area contributed by atoms with Crippen molar-refractivity contribution >= 4 is 11.8 Å².